The zero-order valence-corrected chi connectivity index (χ0v) is 17.6. The number of piperidine rings is 1. The largest absolute Gasteiger partial charge is 0.338 e. The number of amides is 1. The molecule has 0 saturated carbocycles. The zero-order chi connectivity index (χ0) is 19.3. The van der Waals surface area contributed by atoms with E-state index < -0.39 is 0 Å². The maximum atomic E-state index is 13.2. The first-order valence-corrected chi connectivity index (χ1v) is 11.5. The van der Waals surface area contributed by atoms with E-state index in [1.54, 1.807) is 0 Å². The van der Waals surface area contributed by atoms with Crippen molar-refractivity contribution in [3.05, 3.63) is 35.9 Å². The molecule has 0 spiro atoms. The molecular weight excluding hydrogens is 346 g/mol. The monoisotopic (exact) mass is 383 g/mol. The summed E-state index contributed by atoms with van der Waals surface area (Å²) in [4.78, 5) is 20.5. The van der Waals surface area contributed by atoms with Crippen LogP contribution in [0.3, 0.4) is 0 Å². The van der Waals surface area contributed by atoms with E-state index in [2.05, 4.69) is 52.1 Å². The summed E-state index contributed by atoms with van der Waals surface area (Å²) in [5, 5.41) is 0. The molecule has 0 unspecified atom stereocenters. The zero-order valence-electron chi connectivity index (χ0n) is 17.6. The molecule has 28 heavy (non-hydrogen) atoms. The van der Waals surface area contributed by atoms with Crippen molar-refractivity contribution < 1.29 is 4.79 Å². The van der Waals surface area contributed by atoms with Crippen molar-refractivity contribution in [2.45, 2.75) is 69.4 Å². The minimum Gasteiger partial charge on any atom is -0.338 e. The number of carbonyl (C=O) groups is 1. The lowest BCUT2D eigenvalue weighted by molar-refractivity contribution is -0.137. The van der Waals surface area contributed by atoms with Gasteiger partial charge >= 0.3 is 0 Å². The summed E-state index contributed by atoms with van der Waals surface area (Å²) in [5.74, 6) is 0.943. The second kappa shape index (κ2) is 9.41. The lowest BCUT2D eigenvalue weighted by Gasteiger charge is -2.48. The summed E-state index contributed by atoms with van der Waals surface area (Å²) in [6.45, 7) is 5.64. The third kappa shape index (κ3) is 4.44. The number of carbonyl (C=O) groups excluding carboxylic acids is 1. The van der Waals surface area contributed by atoms with Crippen molar-refractivity contribution in [1.82, 2.24) is 14.7 Å². The molecule has 154 valence electrons. The Bertz CT molecular complexity index is 628. The molecule has 3 atom stereocenters. The van der Waals surface area contributed by atoms with E-state index in [1.165, 1.54) is 44.3 Å². The van der Waals surface area contributed by atoms with Crippen LogP contribution < -0.4 is 0 Å². The summed E-state index contributed by atoms with van der Waals surface area (Å²) >= 11 is 0. The van der Waals surface area contributed by atoms with Crippen LogP contribution in [0.25, 0.3) is 0 Å². The molecule has 1 amide bonds. The second-order valence-electron chi connectivity index (χ2n) is 9.08. The van der Waals surface area contributed by atoms with E-state index in [0.29, 0.717) is 23.9 Å². The van der Waals surface area contributed by atoms with Gasteiger partial charge in [-0.2, -0.15) is 0 Å². The van der Waals surface area contributed by atoms with Crippen molar-refractivity contribution in [2.24, 2.45) is 0 Å². The molecule has 3 aliphatic rings. The average molecular weight is 384 g/mol. The first-order chi connectivity index (χ1) is 13.7. The van der Waals surface area contributed by atoms with Crippen LogP contribution in [-0.4, -0.2) is 72.5 Å². The number of hydrogen-bond donors (Lipinski definition) is 0. The molecule has 1 aromatic carbocycles. The third-order valence-electron chi connectivity index (χ3n) is 7.27. The Morgan fingerprint density at radius 2 is 1.71 bits per heavy atom. The summed E-state index contributed by atoms with van der Waals surface area (Å²) in [6, 6.07) is 11.8. The predicted molar refractivity (Wildman–Crippen MR) is 114 cm³/mol. The van der Waals surface area contributed by atoms with Crippen molar-refractivity contribution >= 4 is 5.91 Å². The van der Waals surface area contributed by atoms with Crippen molar-refractivity contribution in [2.75, 3.05) is 39.8 Å². The van der Waals surface area contributed by atoms with Crippen LogP contribution in [0.2, 0.25) is 0 Å². The van der Waals surface area contributed by atoms with Gasteiger partial charge in [-0.05, 0) is 77.3 Å². The summed E-state index contributed by atoms with van der Waals surface area (Å²) < 4.78 is 0. The van der Waals surface area contributed by atoms with Gasteiger partial charge in [-0.15, -0.1) is 0 Å². The maximum absolute atomic E-state index is 13.2. The van der Waals surface area contributed by atoms with Gasteiger partial charge in [-0.3, -0.25) is 4.79 Å². The number of rotatable bonds is 5. The lowest BCUT2D eigenvalue weighted by Crippen LogP contribution is -2.58. The molecule has 0 N–H and O–H groups in total. The second-order valence-corrected chi connectivity index (χ2v) is 9.08. The molecule has 3 saturated heterocycles. The minimum absolute atomic E-state index is 0.380. The highest BCUT2D eigenvalue weighted by Crippen LogP contribution is 2.38. The van der Waals surface area contributed by atoms with Crippen LogP contribution in [0.1, 0.15) is 62.8 Å². The molecule has 0 radical (unpaired) electrons. The average Bonchev–Trinajstić information content (AvgIpc) is 3.17. The molecule has 3 fully saturated rings. The predicted octanol–water partition coefficient (Wildman–Crippen LogP) is 3.73. The SMILES string of the molecule is CN1CCCC[C@@H]2[C@H]1[C@@H](c1ccccc1)CCN2C(=O)CCCN1CCCC1. The molecule has 1 aromatic rings. The molecule has 3 heterocycles. The maximum Gasteiger partial charge on any atom is 0.222 e. The molecule has 0 bridgehead atoms. The number of hydrogen-bond acceptors (Lipinski definition) is 3. The van der Waals surface area contributed by atoms with Gasteiger partial charge in [0, 0.05) is 31.0 Å². The number of fused-ring (bicyclic) bond motifs is 1. The standard InChI is InChI=1S/C24H37N3O/c1-25-15-6-5-12-22-24(25)21(20-10-3-2-4-11-20)14-19-27(22)23(28)13-9-18-26-16-7-8-17-26/h2-4,10-11,21-22,24H,5-9,12-19H2,1H3/t21-,22-,24-/m1/s1. The molecule has 4 rings (SSSR count). The lowest BCUT2D eigenvalue weighted by atomic mass is 9.79. The fraction of sp³-hybridized carbons (Fsp3) is 0.708. The van der Waals surface area contributed by atoms with Gasteiger partial charge in [-0.1, -0.05) is 36.8 Å². The van der Waals surface area contributed by atoms with Crippen LogP contribution in [0.5, 0.6) is 0 Å². The van der Waals surface area contributed by atoms with E-state index in [-0.39, 0.29) is 0 Å². The van der Waals surface area contributed by atoms with Crippen molar-refractivity contribution in [1.29, 1.82) is 0 Å². The Hall–Kier alpha value is -1.39. The van der Waals surface area contributed by atoms with Crippen LogP contribution in [-0.2, 0) is 4.79 Å². The Labute approximate surface area is 170 Å². The van der Waals surface area contributed by atoms with Crippen LogP contribution in [0.4, 0.5) is 0 Å². The summed E-state index contributed by atoms with van der Waals surface area (Å²) in [5.41, 5.74) is 1.45. The number of likely N-dealkylation sites (tertiary alicyclic amines) is 3. The van der Waals surface area contributed by atoms with Crippen LogP contribution in [0, 0.1) is 0 Å². The third-order valence-corrected chi connectivity index (χ3v) is 7.27. The van der Waals surface area contributed by atoms with Gasteiger partial charge in [0.05, 0.1) is 0 Å². The van der Waals surface area contributed by atoms with Crippen molar-refractivity contribution in [3.8, 4) is 0 Å². The van der Waals surface area contributed by atoms with Gasteiger partial charge < -0.3 is 14.7 Å². The highest BCUT2D eigenvalue weighted by Gasteiger charge is 2.43. The number of benzene rings is 1. The van der Waals surface area contributed by atoms with Crippen LogP contribution >= 0.6 is 0 Å². The Balaban J connectivity index is 1.44. The van der Waals surface area contributed by atoms with Gasteiger partial charge in [-0.25, -0.2) is 0 Å². The molecule has 0 aliphatic carbocycles. The van der Waals surface area contributed by atoms with Gasteiger partial charge in [0.1, 0.15) is 0 Å². The molecule has 4 heteroatoms. The fourth-order valence-electron chi connectivity index (χ4n) is 5.84. The minimum atomic E-state index is 0.380. The van der Waals surface area contributed by atoms with Gasteiger partial charge in [0.2, 0.25) is 5.91 Å². The highest BCUT2D eigenvalue weighted by molar-refractivity contribution is 5.76. The number of nitrogens with zero attached hydrogens (tertiary/aromatic N) is 3. The Kier molecular flexibility index (Phi) is 6.69. The smallest absolute Gasteiger partial charge is 0.222 e. The molecule has 3 aliphatic heterocycles. The molecular formula is C24H37N3O. The summed E-state index contributed by atoms with van der Waals surface area (Å²) in [7, 11) is 2.28. The Morgan fingerprint density at radius 3 is 2.50 bits per heavy atom. The molecule has 4 nitrogen and oxygen atoms in total. The quantitative estimate of drug-likeness (QED) is 0.775. The van der Waals surface area contributed by atoms with E-state index in [9.17, 15) is 4.79 Å². The Morgan fingerprint density at radius 1 is 0.964 bits per heavy atom. The first kappa shape index (κ1) is 19.9. The molecule has 0 aromatic heterocycles. The van der Waals surface area contributed by atoms with E-state index in [1.807, 2.05) is 0 Å². The topological polar surface area (TPSA) is 26.8 Å². The van der Waals surface area contributed by atoms with Crippen LogP contribution in [0.15, 0.2) is 30.3 Å². The number of likely N-dealkylation sites (N-methyl/N-ethyl adjacent to an activating group) is 1. The first-order valence-electron chi connectivity index (χ1n) is 11.5. The fourth-order valence-corrected chi connectivity index (χ4v) is 5.84. The van der Waals surface area contributed by atoms with E-state index >= 15 is 0 Å². The highest BCUT2D eigenvalue weighted by atomic mass is 16.2. The normalized spacial score (nSPS) is 29.5. The van der Waals surface area contributed by atoms with Gasteiger partial charge in [0.25, 0.3) is 0 Å². The summed E-state index contributed by atoms with van der Waals surface area (Å²) in [6.07, 6.45) is 9.15. The van der Waals surface area contributed by atoms with Gasteiger partial charge in [0.15, 0.2) is 0 Å². The van der Waals surface area contributed by atoms with Crippen molar-refractivity contribution in [3.63, 3.8) is 0 Å². The van der Waals surface area contributed by atoms with E-state index in [4.69, 9.17) is 0 Å². The van der Waals surface area contributed by atoms with E-state index in [0.717, 1.165) is 45.3 Å².